The minimum atomic E-state index is -1.65. The maximum atomic E-state index is 11.2. The van der Waals surface area contributed by atoms with E-state index >= 15 is 0 Å². The van der Waals surface area contributed by atoms with Crippen molar-refractivity contribution in [3.8, 4) is 17.5 Å². The minimum absolute atomic E-state index is 0.0173. The number of anilines is 1. The van der Waals surface area contributed by atoms with Crippen LogP contribution in [0.2, 0.25) is 0 Å². The van der Waals surface area contributed by atoms with Gasteiger partial charge in [0.05, 0.1) is 18.8 Å². The number of piperidine rings is 1. The molecule has 0 atom stereocenters. The molecule has 0 unspecified atom stereocenters. The van der Waals surface area contributed by atoms with Gasteiger partial charge in [0.25, 0.3) is 0 Å². The third-order valence-corrected chi connectivity index (χ3v) is 6.88. The van der Waals surface area contributed by atoms with E-state index in [4.69, 9.17) is 22.4 Å². The molecule has 11 nitrogen and oxygen atoms in total. The summed E-state index contributed by atoms with van der Waals surface area (Å²) >= 11 is -1.65. The van der Waals surface area contributed by atoms with E-state index in [1.807, 2.05) is 45.0 Å². The molecule has 2 aromatic heterocycles. The lowest BCUT2D eigenvalue weighted by Crippen LogP contribution is -2.38. The highest BCUT2D eigenvalue weighted by Gasteiger charge is 2.26. The standard InChI is InChI=1S/C24H29N5O6S/c1-15(2)21-27-24(35-28-21)29-10-8-20(9-11-29)34-23-16(3)22(25-14-26-23)33-19-6-4-17(5-7-19)18-12-31-36(30)32-13-18/h4-7,14-15,18,20H,8-13H2,1-3H3. The second-order valence-corrected chi connectivity index (χ2v) is 10.0. The second kappa shape index (κ2) is 10.9. The molecule has 0 amide bonds. The Morgan fingerprint density at radius 1 is 1.06 bits per heavy atom. The highest BCUT2D eigenvalue weighted by atomic mass is 32.2. The van der Waals surface area contributed by atoms with Crippen LogP contribution in [0.1, 0.15) is 55.5 Å². The molecule has 0 N–H and O–H groups in total. The molecule has 2 aliphatic heterocycles. The van der Waals surface area contributed by atoms with Gasteiger partial charge in [0.2, 0.25) is 11.8 Å². The molecule has 0 aliphatic carbocycles. The Bertz CT molecular complexity index is 1190. The van der Waals surface area contributed by atoms with Gasteiger partial charge < -0.3 is 18.9 Å². The fourth-order valence-corrected chi connectivity index (χ4v) is 4.64. The van der Waals surface area contributed by atoms with Crippen molar-refractivity contribution in [2.24, 2.45) is 0 Å². The molecular weight excluding hydrogens is 486 g/mol. The van der Waals surface area contributed by atoms with Crippen molar-refractivity contribution < 1.29 is 26.6 Å². The molecule has 0 saturated carbocycles. The summed E-state index contributed by atoms with van der Waals surface area (Å²) in [6.07, 6.45) is 3.08. The van der Waals surface area contributed by atoms with E-state index in [0.717, 1.165) is 42.9 Å². The zero-order chi connectivity index (χ0) is 25.1. The molecule has 1 aromatic carbocycles. The Labute approximate surface area is 212 Å². The fraction of sp³-hybridized carbons (Fsp3) is 0.500. The molecule has 0 radical (unpaired) electrons. The topological polar surface area (TPSA) is 122 Å². The second-order valence-electron chi connectivity index (χ2n) is 9.14. The number of aromatic nitrogens is 4. The van der Waals surface area contributed by atoms with Gasteiger partial charge in [-0.3, -0.25) is 8.37 Å². The highest BCUT2D eigenvalue weighted by Crippen LogP contribution is 2.31. The lowest BCUT2D eigenvalue weighted by atomic mass is 10.0. The van der Waals surface area contributed by atoms with Crippen LogP contribution in [0, 0.1) is 6.92 Å². The van der Waals surface area contributed by atoms with E-state index in [0.29, 0.717) is 36.7 Å². The van der Waals surface area contributed by atoms with Crippen molar-refractivity contribution in [3.05, 3.63) is 47.5 Å². The van der Waals surface area contributed by atoms with Gasteiger partial charge in [-0.2, -0.15) is 9.19 Å². The van der Waals surface area contributed by atoms with Crippen LogP contribution in [-0.2, 0) is 19.7 Å². The van der Waals surface area contributed by atoms with Crippen LogP contribution in [0.15, 0.2) is 35.1 Å². The van der Waals surface area contributed by atoms with Crippen LogP contribution in [0.25, 0.3) is 0 Å². The van der Waals surface area contributed by atoms with Crippen molar-refractivity contribution in [1.82, 2.24) is 20.1 Å². The summed E-state index contributed by atoms with van der Waals surface area (Å²) in [5.41, 5.74) is 1.76. The van der Waals surface area contributed by atoms with Crippen LogP contribution in [0.3, 0.4) is 0 Å². The number of nitrogens with zero attached hydrogens (tertiary/aromatic N) is 5. The predicted molar refractivity (Wildman–Crippen MR) is 130 cm³/mol. The van der Waals surface area contributed by atoms with Gasteiger partial charge >= 0.3 is 17.4 Å². The van der Waals surface area contributed by atoms with E-state index < -0.39 is 11.4 Å². The molecule has 192 valence electrons. The quantitative estimate of drug-likeness (QED) is 0.456. The monoisotopic (exact) mass is 515 g/mol. The van der Waals surface area contributed by atoms with Crippen LogP contribution < -0.4 is 14.4 Å². The Morgan fingerprint density at radius 2 is 1.75 bits per heavy atom. The smallest absolute Gasteiger partial charge is 0.324 e. The summed E-state index contributed by atoms with van der Waals surface area (Å²) < 4.78 is 39.0. The summed E-state index contributed by atoms with van der Waals surface area (Å²) in [6.45, 7) is 8.19. The average Bonchev–Trinajstić information content (AvgIpc) is 3.39. The first kappa shape index (κ1) is 24.6. The molecule has 0 bridgehead atoms. The molecular formula is C24H29N5O6S. The van der Waals surface area contributed by atoms with Crippen LogP contribution in [0.4, 0.5) is 6.01 Å². The molecule has 0 spiro atoms. The van der Waals surface area contributed by atoms with Gasteiger partial charge in [-0.15, -0.1) is 0 Å². The van der Waals surface area contributed by atoms with Crippen molar-refractivity contribution in [1.29, 1.82) is 0 Å². The Hall–Kier alpha value is -3.09. The fourth-order valence-electron chi connectivity index (χ4n) is 4.02. The number of ether oxygens (including phenoxy) is 2. The Kier molecular flexibility index (Phi) is 7.44. The summed E-state index contributed by atoms with van der Waals surface area (Å²) in [7, 11) is 0. The Morgan fingerprint density at radius 3 is 2.42 bits per heavy atom. The van der Waals surface area contributed by atoms with Gasteiger partial charge in [-0.1, -0.05) is 31.1 Å². The molecule has 4 heterocycles. The van der Waals surface area contributed by atoms with E-state index in [1.54, 1.807) is 0 Å². The van der Waals surface area contributed by atoms with Gasteiger partial charge in [0.1, 0.15) is 18.2 Å². The first-order valence-electron chi connectivity index (χ1n) is 12.0. The molecule has 36 heavy (non-hydrogen) atoms. The Balaban J connectivity index is 1.17. The molecule has 2 aliphatic rings. The molecule has 3 aromatic rings. The van der Waals surface area contributed by atoms with E-state index in [1.165, 1.54) is 6.33 Å². The first-order chi connectivity index (χ1) is 17.5. The van der Waals surface area contributed by atoms with Crippen molar-refractivity contribution in [2.75, 3.05) is 31.2 Å². The minimum Gasteiger partial charge on any atom is -0.474 e. The van der Waals surface area contributed by atoms with Gasteiger partial charge in [0.15, 0.2) is 5.82 Å². The summed E-state index contributed by atoms with van der Waals surface area (Å²) in [4.78, 5) is 15.2. The lowest BCUT2D eigenvalue weighted by molar-refractivity contribution is 0.159. The molecule has 2 saturated heterocycles. The van der Waals surface area contributed by atoms with Crippen molar-refractivity contribution in [3.63, 3.8) is 0 Å². The van der Waals surface area contributed by atoms with Crippen molar-refractivity contribution in [2.45, 2.75) is 51.6 Å². The SMILES string of the molecule is Cc1c(Oc2ccc(C3COS(=O)OC3)cc2)ncnc1OC1CCN(c2nc(C(C)C)no2)CC1. The number of rotatable bonds is 7. The van der Waals surface area contributed by atoms with Crippen LogP contribution in [-0.4, -0.2) is 56.7 Å². The van der Waals surface area contributed by atoms with E-state index in [-0.39, 0.29) is 17.9 Å². The van der Waals surface area contributed by atoms with Crippen LogP contribution >= 0.6 is 0 Å². The molecule has 2 fully saturated rings. The normalized spacial score (nSPS) is 21.1. The largest absolute Gasteiger partial charge is 0.474 e. The third-order valence-electron chi connectivity index (χ3n) is 6.23. The van der Waals surface area contributed by atoms with Crippen LogP contribution in [0.5, 0.6) is 17.5 Å². The number of benzene rings is 1. The van der Waals surface area contributed by atoms with Gasteiger partial charge in [-0.05, 0) is 24.6 Å². The highest BCUT2D eigenvalue weighted by molar-refractivity contribution is 7.75. The summed E-state index contributed by atoms with van der Waals surface area (Å²) in [5, 5.41) is 4.05. The van der Waals surface area contributed by atoms with Crippen molar-refractivity contribution >= 4 is 17.4 Å². The zero-order valence-electron chi connectivity index (χ0n) is 20.5. The molecule has 5 rings (SSSR count). The average molecular weight is 516 g/mol. The predicted octanol–water partition coefficient (Wildman–Crippen LogP) is 3.84. The first-order valence-corrected chi connectivity index (χ1v) is 13.0. The molecule has 12 heteroatoms. The van der Waals surface area contributed by atoms with Gasteiger partial charge in [-0.25, -0.2) is 9.97 Å². The summed E-state index contributed by atoms with van der Waals surface area (Å²) in [6, 6.07) is 8.17. The number of hydrogen-bond acceptors (Lipinski definition) is 11. The summed E-state index contributed by atoms with van der Waals surface area (Å²) in [5.74, 6) is 2.57. The maximum Gasteiger partial charge on any atom is 0.324 e. The zero-order valence-corrected chi connectivity index (χ0v) is 21.3. The van der Waals surface area contributed by atoms with E-state index in [9.17, 15) is 4.21 Å². The third kappa shape index (κ3) is 5.66. The van der Waals surface area contributed by atoms with E-state index in [2.05, 4.69) is 25.0 Å². The maximum absolute atomic E-state index is 11.2. The van der Waals surface area contributed by atoms with Gasteiger partial charge in [0, 0.05) is 37.8 Å². The number of hydrogen-bond donors (Lipinski definition) is 0. The lowest BCUT2D eigenvalue weighted by Gasteiger charge is -2.30.